The van der Waals surface area contributed by atoms with Crippen molar-refractivity contribution in [1.82, 2.24) is 0 Å². The molecule has 6 heteroatoms. The van der Waals surface area contributed by atoms with E-state index in [0.717, 1.165) is 5.56 Å². The summed E-state index contributed by atoms with van der Waals surface area (Å²) in [5.41, 5.74) is 1.35. The van der Waals surface area contributed by atoms with E-state index in [2.05, 4.69) is 5.32 Å². The van der Waals surface area contributed by atoms with Gasteiger partial charge in [-0.05, 0) is 55.8 Å². The van der Waals surface area contributed by atoms with Gasteiger partial charge in [-0.1, -0.05) is 29.3 Å². The Bertz CT molecular complexity index is 768. The second kappa shape index (κ2) is 8.79. The average molecular weight is 380 g/mol. The van der Waals surface area contributed by atoms with Crippen LogP contribution in [0, 0.1) is 0 Å². The van der Waals surface area contributed by atoms with Crippen LogP contribution < -0.4 is 14.8 Å². The third-order valence-electron chi connectivity index (χ3n) is 3.11. The predicted octanol–water partition coefficient (Wildman–Crippen LogP) is 5.44. The molecule has 25 heavy (non-hydrogen) atoms. The van der Waals surface area contributed by atoms with Crippen LogP contribution >= 0.6 is 23.2 Å². The molecule has 4 nitrogen and oxygen atoms in total. The number of nitrogens with one attached hydrogen (secondary N) is 1. The van der Waals surface area contributed by atoms with Crippen molar-refractivity contribution in [3.8, 4) is 11.5 Å². The molecule has 132 valence electrons. The maximum atomic E-state index is 12.0. The molecule has 1 amide bonds. The van der Waals surface area contributed by atoms with Crippen LogP contribution in [0.3, 0.4) is 0 Å². The molecule has 0 bridgehead atoms. The summed E-state index contributed by atoms with van der Waals surface area (Å²) < 4.78 is 11.0. The van der Waals surface area contributed by atoms with Crippen molar-refractivity contribution in [1.29, 1.82) is 0 Å². The quantitative estimate of drug-likeness (QED) is 0.679. The Morgan fingerprint density at radius 2 is 1.76 bits per heavy atom. The molecule has 0 radical (unpaired) electrons. The third kappa shape index (κ3) is 6.00. The second-order valence-electron chi connectivity index (χ2n) is 5.56. The Labute approximate surface area is 157 Å². The number of halogens is 2. The molecular formula is C19H19Cl2NO3. The maximum absolute atomic E-state index is 12.0. The number of amides is 1. The predicted molar refractivity (Wildman–Crippen MR) is 103 cm³/mol. The number of benzene rings is 2. The summed E-state index contributed by atoms with van der Waals surface area (Å²) >= 11 is 11.8. The lowest BCUT2D eigenvalue weighted by molar-refractivity contribution is -0.111. The van der Waals surface area contributed by atoms with Crippen LogP contribution in [0.25, 0.3) is 6.08 Å². The molecule has 0 aliphatic rings. The molecule has 1 N–H and O–H groups in total. The number of carbonyl (C=O) groups excluding carboxylic acids is 1. The molecule has 0 fully saturated rings. The highest BCUT2D eigenvalue weighted by Crippen LogP contribution is 2.29. The third-order valence-corrected chi connectivity index (χ3v) is 3.54. The largest absolute Gasteiger partial charge is 0.493 e. The monoisotopic (exact) mass is 379 g/mol. The van der Waals surface area contributed by atoms with E-state index in [0.29, 0.717) is 27.2 Å². The molecule has 2 rings (SSSR count). The van der Waals surface area contributed by atoms with Gasteiger partial charge in [0.1, 0.15) is 0 Å². The van der Waals surface area contributed by atoms with Crippen LogP contribution in [0.5, 0.6) is 11.5 Å². The van der Waals surface area contributed by atoms with Gasteiger partial charge in [-0.2, -0.15) is 0 Å². The van der Waals surface area contributed by atoms with E-state index in [-0.39, 0.29) is 12.0 Å². The topological polar surface area (TPSA) is 47.6 Å². The molecule has 0 saturated carbocycles. The number of methoxy groups -OCH3 is 1. The zero-order valence-corrected chi connectivity index (χ0v) is 15.7. The van der Waals surface area contributed by atoms with Crippen molar-refractivity contribution >= 4 is 40.9 Å². The minimum Gasteiger partial charge on any atom is -0.493 e. The molecule has 2 aromatic carbocycles. The number of hydrogen-bond donors (Lipinski definition) is 1. The van der Waals surface area contributed by atoms with E-state index in [4.69, 9.17) is 32.7 Å². The van der Waals surface area contributed by atoms with E-state index >= 15 is 0 Å². The van der Waals surface area contributed by atoms with Crippen LogP contribution in [0.2, 0.25) is 10.0 Å². The van der Waals surface area contributed by atoms with E-state index < -0.39 is 0 Å². The Hall–Kier alpha value is -2.17. The van der Waals surface area contributed by atoms with Gasteiger partial charge in [0.25, 0.3) is 0 Å². The molecule has 0 aromatic heterocycles. The van der Waals surface area contributed by atoms with Crippen molar-refractivity contribution in [3.63, 3.8) is 0 Å². The first kappa shape index (κ1) is 19.2. The molecule has 0 spiro atoms. The summed E-state index contributed by atoms with van der Waals surface area (Å²) in [7, 11) is 1.58. The van der Waals surface area contributed by atoms with Crippen LogP contribution in [0.4, 0.5) is 5.69 Å². The summed E-state index contributed by atoms with van der Waals surface area (Å²) in [6.45, 7) is 3.89. The first-order valence-electron chi connectivity index (χ1n) is 7.67. The van der Waals surface area contributed by atoms with Crippen LogP contribution in [0.15, 0.2) is 42.5 Å². The molecule has 0 saturated heterocycles. The summed E-state index contributed by atoms with van der Waals surface area (Å²) in [6, 6.07) is 10.3. The minimum absolute atomic E-state index is 0.0468. The summed E-state index contributed by atoms with van der Waals surface area (Å²) in [4.78, 5) is 12.0. The highest BCUT2D eigenvalue weighted by molar-refractivity contribution is 6.35. The zero-order valence-electron chi connectivity index (χ0n) is 14.2. The lowest BCUT2D eigenvalue weighted by Gasteiger charge is -2.13. The van der Waals surface area contributed by atoms with Gasteiger partial charge < -0.3 is 14.8 Å². The number of hydrogen-bond acceptors (Lipinski definition) is 3. The van der Waals surface area contributed by atoms with Crippen molar-refractivity contribution in [3.05, 3.63) is 58.1 Å². The van der Waals surface area contributed by atoms with Crippen molar-refractivity contribution < 1.29 is 14.3 Å². The van der Waals surface area contributed by atoms with Gasteiger partial charge in [0.05, 0.1) is 13.2 Å². The molecule has 0 heterocycles. The van der Waals surface area contributed by atoms with Gasteiger partial charge >= 0.3 is 0 Å². The van der Waals surface area contributed by atoms with E-state index in [9.17, 15) is 4.79 Å². The Morgan fingerprint density at radius 1 is 1.08 bits per heavy atom. The SMILES string of the molecule is COc1cc(C=CC(=O)Nc2cc(Cl)cc(Cl)c2)ccc1OC(C)C. The number of rotatable bonds is 6. The van der Waals surface area contributed by atoms with Crippen LogP contribution in [-0.2, 0) is 4.79 Å². The van der Waals surface area contributed by atoms with Gasteiger partial charge in [-0.3, -0.25) is 4.79 Å². The summed E-state index contributed by atoms with van der Waals surface area (Å²) in [6.07, 6.45) is 3.15. The molecular weight excluding hydrogens is 361 g/mol. The lowest BCUT2D eigenvalue weighted by atomic mass is 10.2. The molecule has 0 unspecified atom stereocenters. The number of anilines is 1. The van der Waals surface area contributed by atoms with Gasteiger partial charge in [0.15, 0.2) is 11.5 Å². The summed E-state index contributed by atoms with van der Waals surface area (Å²) in [5, 5.41) is 3.62. The molecule has 0 aliphatic carbocycles. The van der Waals surface area contributed by atoms with Gasteiger partial charge in [-0.15, -0.1) is 0 Å². The minimum atomic E-state index is -0.292. The smallest absolute Gasteiger partial charge is 0.248 e. The van der Waals surface area contributed by atoms with Gasteiger partial charge in [0, 0.05) is 21.8 Å². The first-order valence-corrected chi connectivity index (χ1v) is 8.43. The number of ether oxygens (including phenoxy) is 2. The summed E-state index contributed by atoms with van der Waals surface area (Å²) in [5.74, 6) is 0.977. The van der Waals surface area contributed by atoms with Gasteiger partial charge in [-0.25, -0.2) is 0 Å². The maximum Gasteiger partial charge on any atom is 0.248 e. The standard InChI is InChI=1S/C19H19Cl2NO3/c1-12(2)25-17-6-4-13(8-18(17)24-3)5-7-19(23)22-16-10-14(20)9-15(21)11-16/h4-12H,1-3H3,(H,22,23). The highest BCUT2D eigenvalue weighted by Gasteiger charge is 2.07. The van der Waals surface area contributed by atoms with Crippen molar-refractivity contribution in [2.24, 2.45) is 0 Å². The van der Waals surface area contributed by atoms with Crippen molar-refractivity contribution in [2.45, 2.75) is 20.0 Å². The fourth-order valence-corrected chi connectivity index (χ4v) is 2.65. The van der Waals surface area contributed by atoms with E-state index in [1.165, 1.54) is 6.08 Å². The Kier molecular flexibility index (Phi) is 6.73. The molecule has 2 aromatic rings. The first-order chi connectivity index (χ1) is 11.9. The van der Waals surface area contributed by atoms with Gasteiger partial charge in [0.2, 0.25) is 5.91 Å². The Morgan fingerprint density at radius 3 is 2.36 bits per heavy atom. The Balaban J connectivity index is 2.08. The van der Waals surface area contributed by atoms with Crippen LogP contribution in [-0.4, -0.2) is 19.1 Å². The normalized spacial score (nSPS) is 11.0. The number of carbonyl (C=O) groups is 1. The van der Waals surface area contributed by atoms with E-state index in [1.807, 2.05) is 26.0 Å². The van der Waals surface area contributed by atoms with E-state index in [1.54, 1.807) is 37.5 Å². The highest BCUT2D eigenvalue weighted by atomic mass is 35.5. The van der Waals surface area contributed by atoms with Crippen molar-refractivity contribution in [2.75, 3.05) is 12.4 Å². The fourth-order valence-electron chi connectivity index (χ4n) is 2.12. The van der Waals surface area contributed by atoms with Crippen LogP contribution in [0.1, 0.15) is 19.4 Å². The fraction of sp³-hybridized carbons (Fsp3) is 0.211. The average Bonchev–Trinajstić information content (AvgIpc) is 2.52. The zero-order chi connectivity index (χ0) is 18.4. The molecule has 0 atom stereocenters. The lowest BCUT2D eigenvalue weighted by Crippen LogP contribution is -2.07. The second-order valence-corrected chi connectivity index (χ2v) is 6.43. The molecule has 0 aliphatic heterocycles.